The molecule has 0 amide bonds. The Bertz CT molecular complexity index is 167. The van der Waals surface area contributed by atoms with Gasteiger partial charge in [-0.2, -0.15) is 0 Å². The number of halogens is 1. The van der Waals surface area contributed by atoms with Crippen LogP contribution in [0.25, 0.3) is 0 Å². The second-order valence-corrected chi connectivity index (χ2v) is 5.15. The fourth-order valence-electron chi connectivity index (χ4n) is 2.24. The fourth-order valence-corrected chi connectivity index (χ4v) is 2.86. The van der Waals surface area contributed by atoms with Crippen molar-refractivity contribution in [3.63, 3.8) is 0 Å². The monoisotopic (exact) mass is 204 g/mol. The van der Waals surface area contributed by atoms with Gasteiger partial charge in [-0.05, 0) is 11.3 Å². The van der Waals surface area contributed by atoms with E-state index in [-0.39, 0.29) is 5.56 Å². The van der Waals surface area contributed by atoms with Crippen molar-refractivity contribution in [1.82, 2.24) is 0 Å². The van der Waals surface area contributed by atoms with Crippen LogP contribution in [-0.4, -0.2) is 12.2 Å². The second-order valence-electron chi connectivity index (χ2n) is 4.72. The average Bonchev–Trinajstić information content (AvgIpc) is 2.47. The molecule has 1 aliphatic heterocycles. The van der Waals surface area contributed by atoms with E-state index in [1.807, 2.05) is 0 Å². The molecular formula is C11H21ClO. The van der Waals surface area contributed by atoms with E-state index >= 15 is 0 Å². The highest BCUT2D eigenvalue weighted by Crippen LogP contribution is 2.45. The Labute approximate surface area is 86.8 Å². The summed E-state index contributed by atoms with van der Waals surface area (Å²) >= 11 is 6.19. The Morgan fingerprint density at radius 1 is 1.38 bits per heavy atom. The van der Waals surface area contributed by atoms with Gasteiger partial charge in [0.2, 0.25) is 0 Å². The molecular weight excluding hydrogens is 184 g/mol. The topological polar surface area (TPSA) is 9.23 Å². The molecule has 0 N–H and O–H groups in total. The molecule has 13 heavy (non-hydrogen) atoms. The van der Waals surface area contributed by atoms with E-state index in [1.165, 1.54) is 12.8 Å². The Morgan fingerprint density at radius 2 is 2.00 bits per heavy atom. The molecule has 3 atom stereocenters. The minimum absolute atomic E-state index is 0.0695. The summed E-state index contributed by atoms with van der Waals surface area (Å²) in [4.78, 5) is 0. The van der Waals surface area contributed by atoms with Crippen LogP contribution in [0.15, 0.2) is 0 Å². The van der Waals surface area contributed by atoms with Gasteiger partial charge in [-0.3, -0.25) is 0 Å². The molecule has 0 aromatic rings. The number of hydrogen-bond donors (Lipinski definition) is 0. The summed E-state index contributed by atoms with van der Waals surface area (Å²) in [6.45, 7) is 9.89. The molecule has 3 unspecified atom stereocenters. The highest BCUT2D eigenvalue weighted by molar-refractivity contribution is 6.20. The van der Waals surface area contributed by atoms with Crippen molar-refractivity contribution in [2.24, 2.45) is 17.3 Å². The van der Waals surface area contributed by atoms with Gasteiger partial charge in [0.1, 0.15) is 5.56 Å². The van der Waals surface area contributed by atoms with Crippen molar-refractivity contribution in [1.29, 1.82) is 0 Å². The van der Waals surface area contributed by atoms with Gasteiger partial charge in [0, 0.05) is 5.92 Å². The lowest BCUT2D eigenvalue weighted by atomic mass is 9.71. The maximum absolute atomic E-state index is 6.19. The molecule has 0 aliphatic carbocycles. The van der Waals surface area contributed by atoms with E-state index in [0.717, 1.165) is 6.61 Å². The lowest BCUT2D eigenvalue weighted by molar-refractivity contribution is 0.105. The predicted octanol–water partition coefficient (Wildman–Crippen LogP) is 3.66. The number of rotatable bonds is 3. The summed E-state index contributed by atoms with van der Waals surface area (Å²) in [5.41, 5.74) is 0.240. The maximum atomic E-state index is 6.19. The minimum Gasteiger partial charge on any atom is -0.362 e. The van der Waals surface area contributed by atoms with Gasteiger partial charge in [0.15, 0.2) is 0 Å². The summed E-state index contributed by atoms with van der Waals surface area (Å²) in [5.74, 6) is 1.17. The third-order valence-corrected chi connectivity index (χ3v) is 4.00. The van der Waals surface area contributed by atoms with Crippen LogP contribution in [0.2, 0.25) is 0 Å². The van der Waals surface area contributed by atoms with Crippen LogP contribution in [0.3, 0.4) is 0 Å². The average molecular weight is 205 g/mol. The Hall–Kier alpha value is 0.250. The smallest absolute Gasteiger partial charge is 0.134 e. The molecule has 1 rings (SSSR count). The molecule has 1 heterocycles. The molecule has 0 radical (unpaired) electrons. The van der Waals surface area contributed by atoms with Crippen molar-refractivity contribution in [2.75, 3.05) is 6.61 Å². The molecule has 78 valence electrons. The lowest BCUT2D eigenvalue weighted by Gasteiger charge is -2.35. The van der Waals surface area contributed by atoms with Gasteiger partial charge in [0.05, 0.1) is 6.61 Å². The summed E-state index contributed by atoms with van der Waals surface area (Å²) in [6.07, 6.45) is 2.35. The van der Waals surface area contributed by atoms with Gasteiger partial charge in [0.25, 0.3) is 0 Å². The molecule has 2 heteroatoms. The van der Waals surface area contributed by atoms with Gasteiger partial charge in [-0.1, -0.05) is 52.1 Å². The third kappa shape index (κ3) is 2.19. The molecule has 1 aliphatic rings. The SMILES string of the molecule is CCC1COC(Cl)C1C(C)(C)CC. The normalized spacial score (nSPS) is 35.3. The van der Waals surface area contributed by atoms with Gasteiger partial charge >= 0.3 is 0 Å². The van der Waals surface area contributed by atoms with Gasteiger partial charge in [-0.25, -0.2) is 0 Å². The van der Waals surface area contributed by atoms with E-state index in [0.29, 0.717) is 17.3 Å². The molecule has 1 fully saturated rings. The molecule has 1 nitrogen and oxygen atoms in total. The van der Waals surface area contributed by atoms with E-state index in [1.54, 1.807) is 0 Å². The van der Waals surface area contributed by atoms with E-state index in [4.69, 9.17) is 16.3 Å². The largest absolute Gasteiger partial charge is 0.362 e. The standard InChI is InChI=1S/C11H21ClO/c1-5-8-7-13-10(12)9(8)11(3,4)6-2/h8-10H,5-7H2,1-4H3. The van der Waals surface area contributed by atoms with Crippen LogP contribution in [-0.2, 0) is 4.74 Å². The number of ether oxygens (including phenoxy) is 1. The van der Waals surface area contributed by atoms with Crippen molar-refractivity contribution >= 4 is 11.6 Å². The molecule has 0 spiro atoms. The van der Waals surface area contributed by atoms with Crippen LogP contribution in [0, 0.1) is 17.3 Å². The molecule has 0 saturated carbocycles. The zero-order valence-corrected chi connectivity index (χ0v) is 9.90. The minimum atomic E-state index is -0.0695. The van der Waals surface area contributed by atoms with Crippen LogP contribution in [0.1, 0.15) is 40.5 Å². The third-order valence-electron chi connectivity index (χ3n) is 3.60. The highest BCUT2D eigenvalue weighted by Gasteiger charge is 2.43. The van der Waals surface area contributed by atoms with E-state index in [9.17, 15) is 0 Å². The molecule has 1 saturated heterocycles. The molecule has 0 bridgehead atoms. The fraction of sp³-hybridized carbons (Fsp3) is 1.00. The van der Waals surface area contributed by atoms with E-state index < -0.39 is 0 Å². The Morgan fingerprint density at radius 3 is 2.46 bits per heavy atom. The predicted molar refractivity (Wildman–Crippen MR) is 56.9 cm³/mol. The summed E-state index contributed by atoms with van der Waals surface area (Å²) in [7, 11) is 0. The first kappa shape index (κ1) is 11.3. The Balaban J connectivity index is 2.74. The number of alkyl halides is 1. The van der Waals surface area contributed by atoms with Crippen molar-refractivity contribution < 1.29 is 4.74 Å². The Kier molecular flexibility index (Phi) is 3.64. The summed E-state index contributed by atoms with van der Waals surface area (Å²) < 4.78 is 5.52. The van der Waals surface area contributed by atoms with Gasteiger partial charge < -0.3 is 4.74 Å². The van der Waals surface area contributed by atoms with Gasteiger partial charge in [-0.15, -0.1) is 0 Å². The quantitative estimate of drug-likeness (QED) is 0.638. The first-order valence-electron chi connectivity index (χ1n) is 5.28. The van der Waals surface area contributed by atoms with Crippen LogP contribution in [0.5, 0.6) is 0 Å². The van der Waals surface area contributed by atoms with Crippen LogP contribution < -0.4 is 0 Å². The van der Waals surface area contributed by atoms with E-state index in [2.05, 4.69) is 27.7 Å². The highest BCUT2D eigenvalue weighted by atomic mass is 35.5. The summed E-state index contributed by atoms with van der Waals surface area (Å²) in [6, 6.07) is 0. The zero-order chi connectivity index (χ0) is 10.1. The van der Waals surface area contributed by atoms with Crippen LogP contribution >= 0.6 is 11.6 Å². The maximum Gasteiger partial charge on any atom is 0.134 e. The van der Waals surface area contributed by atoms with Crippen LogP contribution in [0.4, 0.5) is 0 Å². The van der Waals surface area contributed by atoms with Crippen molar-refractivity contribution in [3.05, 3.63) is 0 Å². The molecule has 0 aromatic heterocycles. The lowest BCUT2D eigenvalue weighted by Crippen LogP contribution is -2.32. The van der Waals surface area contributed by atoms with Crippen molar-refractivity contribution in [3.8, 4) is 0 Å². The first-order chi connectivity index (χ1) is 6.03. The first-order valence-corrected chi connectivity index (χ1v) is 5.72. The summed E-state index contributed by atoms with van der Waals surface area (Å²) in [5, 5.41) is 0. The zero-order valence-electron chi connectivity index (χ0n) is 9.14. The molecule has 0 aromatic carbocycles. The second kappa shape index (κ2) is 4.18. The van der Waals surface area contributed by atoms with Crippen molar-refractivity contribution in [2.45, 2.75) is 46.1 Å². The number of hydrogen-bond acceptors (Lipinski definition) is 1.